The molecule has 1 aromatic carbocycles. The summed E-state index contributed by atoms with van der Waals surface area (Å²) in [7, 11) is 0. The minimum Gasteiger partial charge on any atom is -0.492 e. The Hall–Kier alpha value is -3.00. The Bertz CT molecular complexity index is 963. The van der Waals surface area contributed by atoms with E-state index in [1.807, 2.05) is 17.0 Å². The second kappa shape index (κ2) is 10.1. The number of aryl methyl sites for hydroxylation is 1. The lowest BCUT2D eigenvalue weighted by molar-refractivity contribution is -0.128. The lowest BCUT2D eigenvalue weighted by Gasteiger charge is -2.34. The highest BCUT2D eigenvalue weighted by atomic mass is 16.5. The summed E-state index contributed by atoms with van der Waals surface area (Å²) in [5, 5.41) is 0. The van der Waals surface area contributed by atoms with Crippen LogP contribution >= 0.6 is 0 Å². The Morgan fingerprint density at radius 3 is 2.69 bits per heavy atom. The maximum Gasteiger partial charge on any atom is 0.252 e. The molecule has 2 aromatic rings. The largest absolute Gasteiger partial charge is 0.492 e. The molecule has 2 fully saturated rings. The lowest BCUT2D eigenvalue weighted by Crippen LogP contribution is -2.34. The third-order valence-electron chi connectivity index (χ3n) is 6.29. The summed E-state index contributed by atoms with van der Waals surface area (Å²) < 4.78 is 5.83. The Morgan fingerprint density at radius 1 is 1.19 bits per heavy atom. The van der Waals surface area contributed by atoms with Crippen molar-refractivity contribution in [1.29, 1.82) is 0 Å². The monoisotopic (exact) mass is 437 g/mol. The predicted molar refractivity (Wildman–Crippen MR) is 120 cm³/mol. The number of ether oxygens (including phenoxy) is 1. The van der Waals surface area contributed by atoms with Gasteiger partial charge in [0, 0.05) is 25.7 Å². The lowest BCUT2D eigenvalue weighted by atomic mass is 10.00. The molecule has 170 valence electrons. The second-order valence-electron chi connectivity index (χ2n) is 8.55. The summed E-state index contributed by atoms with van der Waals surface area (Å²) >= 11 is 0. The number of benzene rings is 1. The number of carbonyl (C=O) groups excluding carboxylic acids is 2. The number of amides is 2. The SMILES string of the molecule is Cc1nc([C@@H]2CCCCN2Cc2ccc(OCCN3CCCC3=O)cc2)ncc1C(N)=O. The van der Waals surface area contributed by atoms with Gasteiger partial charge in [0.25, 0.3) is 5.91 Å². The van der Waals surface area contributed by atoms with Gasteiger partial charge in [0.2, 0.25) is 5.91 Å². The topological polar surface area (TPSA) is 102 Å². The molecule has 1 aromatic heterocycles. The average Bonchev–Trinajstić information content (AvgIpc) is 3.19. The minimum atomic E-state index is -0.496. The number of nitrogens with two attached hydrogens (primary N) is 1. The van der Waals surface area contributed by atoms with Gasteiger partial charge in [0.15, 0.2) is 0 Å². The molecule has 2 aliphatic heterocycles. The van der Waals surface area contributed by atoms with Crippen LogP contribution in [0.3, 0.4) is 0 Å². The first-order chi connectivity index (χ1) is 15.5. The fourth-order valence-electron chi connectivity index (χ4n) is 4.50. The van der Waals surface area contributed by atoms with E-state index in [4.69, 9.17) is 10.5 Å². The molecular formula is C24H31N5O3. The van der Waals surface area contributed by atoms with Crippen LogP contribution in [0.15, 0.2) is 30.5 Å². The molecular weight excluding hydrogens is 406 g/mol. The maximum absolute atomic E-state index is 11.7. The van der Waals surface area contributed by atoms with Crippen molar-refractivity contribution in [2.24, 2.45) is 5.73 Å². The van der Waals surface area contributed by atoms with E-state index >= 15 is 0 Å². The highest BCUT2D eigenvalue weighted by Gasteiger charge is 2.27. The zero-order valence-electron chi connectivity index (χ0n) is 18.6. The van der Waals surface area contributed by atoms with Crippen LogP contribution in [0.25, 0.3) is 0 Å². The molecule has 32 heavy (non-hydrogen) atoms. The third-order valence-corrected chi connectivity index (χ3v) is 6.29. The number of hydrogen-bond acceptors (Lipinski definition) is 6. The second-order valence-corrected chi connectivity index (χ2v) is 8.55. The van der Waals surface area contributed by atoms with Crippen LogP contribution in [-0.4, -0.2) is 57.8 Å². The molecule has 0 saturated carbocycles. The van der Waals surface area contributed by atoms with Gasteiger partial charge in [-0.3, -0.25) is 14.5 Å². The van der Waals surface area contributed by atoms with Crippen molar-refractivity contribution < 1.29 is 14.3 Å². The van der Waals surface area contributed by atoms with Crippen LogP contribution in [-0.2, 0) is 11.3 Å². The molecule has 0 aliphatic carbocycles. The first kappa shape index (κ1) is 22.2. The van der Waals surface area contributed by atoms with Crippen molar-refractivity contribution in [1.82, 2.24) is 19.8 Å². The summed E-state index contributed by atoms with van der Waals surface area (Å²) in [6.07, 6.45) is 6.43. The molecule has 8 heteroatoms. The Kier molecular flexibility index (Phi) is 6.99. The molecule has 8 nitrogen and oxygen atoms in total. The van der Waals surface area contributed by atoms with E-state index < -0.39 is 5.91 Å². The minimum absolute atomic E-state index is 0.123. The number of likely N-dealkylation sites (tertiary alicyclic amines) is 2. The van der Waals surface area contributed by atoms with Crippen LogP contribution in [0.4, 0.5) is 0 Å². The summed E-state index contributed by atoms with van der Waals surface area (Å²) in [5.41, 5.74) is 7.60. The van der Waals surface area contributed by atoms with Crippen LogP contribution in [0.5, 0.6) is 5.75 Å². The Balaban J connectivity index is 1.36. The molecule has 0 spiro atoms. The number of hydrogen-bond donors (Lipinski definition) is 1. The van der Waals surface area contributed by atoms with E-state index in [1.165, 1.54) is 5.56 Å². The fraction of sp³-hybridized carbons (Fsp3) is 0.500. The van der Waals surface area contributed by atoms with Crippen molar-refractivity contribution >= 4 is 11.8 Å². The van der Waals surface area contributed by atoms with Gasteiger partial charge in [-0.05, 0) is 50.4 Å². The van der Waals surface area contributed by atoms with Gasteiger partial charge in [-0.2, -0.15) is 0 Å². The normalized spacial score (nSPS) is 19.3. The molecule has 0 radical (unpaired) electrons. The molecule has 2 aliphatic rings. The fourth-order valence-corrected chi connectivity index (χ4v) is 4.50. The molecule has 0 unspecified atom stereocenters. The molecule has 4 rings (SSSR count). The van der Waals surface area contributed by atoms with Crippen molar-refractivity contribution in [2.45, 2.75) is 51.6 Å². The van der Waals surface area contributed by atoms with Crippen LogP contribution < -0.4 is 10.5 Å². The highest BCUT2D eigenvalue weighted by molar-refractivity contribution is 5.93. The van der Waals surface area contributed by atoms with Gasteiger partial charge < -0.3 is 15.4 Å². The summed E-state index contributed by atoms with van der Waals surface area (Å²) in [5.74, 6) is 1.30. The first-order valence-corrected chi connectivity index (χ1v) is 11.4. The van der Waals surface area contributed by atoms with E-state index in [9.17, 15) is 9.59 Å². The van der Waals surface area contributed by atoms with Crippen molar-refractivity contribution in [3.8, 4) is 5.75 Å². The van der Waals surface area contributed by atoms with E-state index in [0.29, 0.717) is 30.8 Å². The molecule has 2 amide bonds. The summed E-state index contributed by atoms with van der Waals surface area (Å²) in [6.45, 7) is 5.57. The van der Waals surface area contributed by atoms with E-state index in [1.54, 1.807) is 13.1 Å². The van der Waals surface area contributed by atoms with Crippen molar-refractivity contribution in [3.63, 3.8) is 0 Å². The zero-order chi connectivity index (χ0) is 22.5. The Morgan fingerprint density at radius 2 is 2.00 bits per heavy atom. The zero-order valence-corrected chi connectivity index (χ0v) is 18.6. The van der Waals surface area contributed by atoms with Gasteiger partial charge in [-0.15, -0.1) is 0 Å². The van der Waals surface area contributed by atoms with Crippen LogP contribution in [0, 0.1) is 6.92 Å². The number of piperidine rings is 1. The molecule has 2 saturated heterocycles. The summed E-state index contributed by atoms with van der Waals surface area (Å²) in [6, 6.07) is 8.28. The van der Waals surface area contributed by atoms with E-state index in [-0.39, 0.29) is 11.9 Å². The van der Waals surface area contributed by atoms with Crippen molar-refractivity contribution in [3.05, 3.63) is 53.1 Å². The van der Waals surface area contributed by atoms with Gasteiger partial charge in [-0.1, -0.05) is 18.6 Å². The van der Waals surface area contributed by atoms with E-state index in [0.717, 1.165) is 56.9 Å². The average molecular weight is 438 g/mol. The number of carbonyl (C=O) groups is 2. The number of nitrogens with zero attached hydrogens (tertiary/aromatic N) is 4. The summed E-state index contributed by atoms with van der Waals surface area (Å²) in [4.78, 5) is 36.5. The Labute approximate surface area is 188 Å². The standard InChI is InChI=1S/C24H31N5O3/c1-17-20(23(25)31)15-26-24(27-17)21-5-2-3-11-29(21)16-18-7-9-19(10-8-18)32-14-13-28-12-4-6-22(28)30/h7-10,15,21H,2-6,11-14,16H2,1H3,(H2,25,31)/t21-/m0/s1. The van der Waals surface area contributed by atoms with Gasteiger partial charge in [0.05, 0.1) is 23.8 Å². The maximum atomic E-state index is 11.7. The number of primary amides is 1. The van der Waals surface area contributed by atoms with Crippen molar-refractivity contribution in [2.75, 3.05) is 26.2 Å². The van der Waals surface area contributed by atoms with Crippen LogP contribution in [0.2, 0.25) is 0 Å². The molecule has 1 atom stereocenters. The number of aromatic nitrogens is 2. The predicted octanol–water partition coefficient (Wildman–Crippen LogP) is 2.61. The quantitative estimate of drug-likeness (QED) is 0.681. The highest BCUT2D eigenvalue weighted by Crippen LogP contribution is 2.30. The smallest absolute Gasteiger partial charge is 0.252 e. The molecule has 3 heterocycles. The van der Waals surface area contributed by atoms with Crippen LogP contribution in [0.1, 0.15) is 65.6 Å². The van der Waals surface area contributed by atoms with E-state index in [2.05, 4.69) is 27.0 Å². The van der Waals surface area contributed by atoms with Gasteiger partial charge in [0.1, 0.15) is 18.2 Å². The molecule has 0 bridgehead atoms. The van der Waals surface area contributed by atoms with Gasteiger partial charge in [-0.25, -0.2) is 9.97 Å². The third kappa shape index (κ3) is 5.24. The number of rotatable bonds is 8. The molecule has 2 N–H and O–H groups in total. The first-order valence-electron chi connectivity index (χ1n) is 11.4. The van der Waals surface area contributed by atoms with Gasteiger partial charge >= 0.3 is 0 Å².